The van der Waals surface area contributed by atoms with Crippen LogP contribution in [0.25, 0.3) is 0 Å². The molecular weight excluding hydrogens is 186 g/mol. The molecule has 1 aliphatic carbocycles. The first-order valence-corrected chi connectivity index (χ1v) is 6.31. The van der Waals surface area contributed by atoms with Crippen LogP contribution in [0.1, 0.15) is 34.1 Å². The molecule has 0 aromatic heterocycles. The fraction of sp³-hybridized carbons (Fsp3) is 1.00. The molecule has 0 amide bonds. The summed E-state index contributed by atoms with van der Waals surface area (Å²) in [5.74, 6) is 3.57. The molecule has 0 aromatic carbocycles. The Labute approximate surface area is 93.7 Å². The van der Waals surface area contributed by atoms with E-state index in [4.69, 9.17) is 0 Å². The summed E-state index contributed by atoms with van der Waals surface area (Å²) in [4.78, 5) is 2.46. The highest BCUT2D eigenvalue weighted by Crippen LogP contribution is 2.45. The lowest BCUT2D eigenvalue weighted by molar-refractivity contribution is 0.0402. The minimum absolute atomic E-state index is 0.534. The van der Waals surface area contributed by atoms with Gasteiger partial charge in [0.25, 0.3) is 0 Å². The van der Waals surface area contributed by atoms with E-state index in [0.29, 0.717) is 0 Å². The Hall–Kier alpha value is -0.0800. The Morgan fingerprint density at radius 2 is 1.93 bits per heavy atom. The van der Waals surface area contributed by atoms with Gasteiger partial charge in [0, 0.05) is 19.6 Å². The third kappa shape index (κ3) is 2.36. The van der Waals surface area contributed by atoms with E-state index in [0.717, 1.165) is 30.2 Å². The zero-order valence-corrected chi connectivity index (χ0v) is 10.5. The van der Waals surface area contributed by atoms with Gasteiger partial charge in [-0.15, -0.1) is 0 Å². The second-order valence-electron chi connectivity index (χ2n) is 6.50. The van der Waals surface area contributed by atoms with E-state index in [2.05, 4.69) is 18.7 Å². The molecule has 0 aromatic rings. The summed E-state index contributed by atoms with van der Waals surface area (Å²) in [5.41, 5.74) is -0.534. The number of hydrogen-bond acceptors (Lipinski definition) is 2. The van der Waals surface area contributed by atoms with Crippen LogP contribution < -0.4 is 0 Å². The van der Waals surface area contributed by atoms with Crippen molar-refractivity contribution >= 4 is 0 Å². The van der Waals surface area contributed by atoms with Crippen LogP contribution in [0.5, 0.6) is 0 Å². The predicted molar refractivity (Wildman–Crippen MR) is 62.7 cm³/mol. The Bertz CT molecular complexity index is 233. The van der Waals surface area contributed by atoms with E-state index in [1.807, 2.05) is 13.8 Å². The van der Waals surface area contributed by atoms with Crippen molar-refractivity contribution in [2.45, 2.75) is 39.7 Å². The molecule has 15 heavy (non-hydrogen) atoms. The second-order valence-corrected chi connectivity index (χ2v) is 6.50. The second kappa shape index (κ2) is 3.74. The average molecular weight is 211 g/mol. The van der Waals surface area contributed by atoms with E-state index in [-0.39, 0.29) is 0 Å². The summed E-state index contributed by atoms with van der Waals surface area (Å²) < 4.78 is 0. The van der Waals surface area contributed by atoms with E-state index in [1.165, 1.54) is 19.5 Å². The molecule has 1 saturated heterocycles. The molecule has 0 bridgehead atoms. The van der Waals surface area contributed by atoms with Crippen LogP contribution in [-0.2, 0) is 0 Å². The van der Waals surface area contributed by atoms with Gasteiger partial charge < -0.3 is 5.11 Å². The molecule has 0 spiro atoms. The largest absolute Gasteiger partial charge is 0.389 e. The van der Waals surface area contributed by atoms with Crippen molar-refractivity contribution in [1.29, 1.82) is 0 Å². The number of rotatable bonds is 2. The summed E-state index contributed by atoms with van der Waals surface area (Å²) in [5, 5.41) is 9.82. The van der Waals surface area contributed by atoms with E-state index < -0.39 is 5.60 Å². The molecule has 1 heterocycles. The van der Waals surface area contributed by atoms with Crippen LogP contribution in [0.2, 0.25) is 0 Å². The lowest BCUT2D eigenvalue weighted by atomic mass is 9.91. The number of fused-ring (bicyclic) bond motifs is 1. The highest BCUT2D eigenvalue weighted by Gasteiger charge is 2.44. The summed E-state index contributed by atoms with van der Waals surface area (Å²) in [6, 6.07) is 0. The molecule has 2 fully saturated rings. The highest BCUT2D eigenvalue weighted by molar-refractivity contribution is 4.95. The van der Waals surface area contributed by atoms with Crippen molar-refractivity contribution in [2.24, 2.45) is 23.7 Å². The van der Waals surface area contributed by atoms with Gasteiger partial charge >= 0.3 is 0 Å². The van der Waals surface area contributed by atoms with Gasteiger partial charge in [0.05, 0.1) is 5.60 Å². The maximum atomic E-state index is 9.82. The van der Waals surface area contributed by atoms with Crippen molar-refractivity contribution in [2.75, 3.05) is 19.6 Å². The molecule has 2 nitrogen and oxygen atoms in total. The van der Waals surface area contributed by atoms with Crippen molar-refractivity contribution in [3.05, 3.63) is 0 Å². The first-order chi connectivity index (χ1) is 6.87. The summed E-state index contributed by atoms with van der Waals surface area (Å²) >= 11 is 0. The van der Waals surface area contributed by atoms with Crippen LogP contribution >= 0.6 is 0 Å². The number of β-amino-alcohol motifs (C(OH)–C–C–N with tert-alkyl or cyclic N) is 1. The van der Waals surface area contributed by atoms with Gasteiger partial charge in [0.15, 0.2) is 0 Å². The van der Waals surface area contributed by atoms with Crippen molar-refractivity contribution in [3.63, 3.8) is 0 Å². The third-order valence-corrected chi connectivity index (χ3v) is 4.43. The Kier molecular flexibility index (Phi) is 2.85. The zero-order chi connectivity index (χ0) is 11.2. The van der Waals surface area contributed by atoms with Gasteiger partial charge in [0.1, 0.15) is 0 Å². The number of nitrogens with zero attached hydrogens (tertiary/aromatic N) is 1. The molecule has 1 aliphatic heterocycles. The average Bonchev–Trinajstić information content (AvgIpc) is 2.52. The first kappa shape index (κ1) is 11.4. The number of aliphatic hydroxyl groups is 1. The zero-order valence-electron chi connectivity index (χ0n) is 10.5. The summed E-state index contributed by atoms with van der Waals surface area (Å²) in [7, 11) is 0. The molecule has 0 radical (unpaired) electrons. The van der Waals surface area contributed by atoms with Crippen molar-refractivity contribution in [1.82, 2.24) is 4.90 Å². The molecule has 2 aliphatic rings. The monoisotopic (exact) mass is 211 g/mol. The Morgan fingerprint density at radius 1 is 1.27 bits per heavy atom. The van der Waals surface area contributed by atoms with Crippen LogP contribution in [0.4, 0.5) is 0 Å². The lowest BCUT2D eigenvalue weighted by Crippen LogP contribution is -2.38. The molecular formula is C13H25NO. The summed E-state index contributed by atoms with van der Waals surface area (Å²) in [6.45, 7) is 11.9. The molecule has 1 N–H and O–H groups in total. The van der Waals surface area contributed by atoms with Gasteiger partial charge in [-0.2, -0.15) is 0 Å². The van der Waals surface area contributed by atoms with Gasteiger partial charge in [-0.1, -0.05) is 13.8 Å². The fourth-order valence-corrected chi connectivity index (χ4v) is 3.62. The maximum absolute atomic E-state index is 9.82. The molecule has 88 valence electrons. The topological polar surface area (TPSA) is 23.5 Å². The van der Waals surface area contributed by atoms with Gasteiger partial charge in [-0.05, 0) is 43.9 Å². The standard InChI is InChI=1S/C13H25NO/c1-9-5-11-6-14(8-13(3,4)15)7-12(11)10(9)2/h9-12,15H,5-8H2,1-4H3. The van der Waals surface area contributed by atoms with Gasteiger partial charge in [-0.25, -0.2) is 0 Å². The lowest BCUT2D eigenvalue weighted by Gasteiger charge is -2.27. The summed E-state index contributed by atoms with van der Waals surface area (Å²) in [6.07, 6.45) is 1.40. The van der Waals surface area contributed by atoms with E-state index in [9.17, 15) is 5.11 Å². The minimum atomic E-state index is -0.534. The van der Waals surface area contributed by atoms with Crippen LogP contribution in [0.15, 0.2) is 0 Å². The van der Waals surface area contributed by atoms with Crippen molar-refractivity contribution < 1.29 is 5.11 Å². The van der Waals surface area contributed by atoms with Crippen LogP contribution in [-0.4, -0.2) is 35.2 Å². The SMILES string of the molecule is CC1CC2CN(CC(C)(C)O)CC2C1C. The Morgan fingerprint density at radius 3 is 2.47 bits per heavy atom. The maximum Gasteiger partial charge on any atom is 0.0718 e. The fourth-order valence-electron chi connectivity index (χ4n) is 3.62. The van der Waals surface area contributed by atoms with E-state index >= 15 is 0 Å². The smallest absolute Gasteiger partial charge is 0.0718 e. The molecule has 4 atom stereocenters. The highest BCUT2D eigenvalue weighted by atomic mass is 16.3. The molecule has 1 saturated carbocycles. The van der Waals surface area contributed by atoms with Crippen LogP contribution in [0, 0.1) is 23.7 Å². The Balaban J connectivity index is 1.92. The van der Waals surface area contributed by atoms with Crippen LogP contribution in [0.3, 0.4) is 0 Å². The molecule has 2 heteroatoms. The number of likely N-dealkylation sites (tertiary alicyclic amines) is 1. The third-order valence-electron chi connectivity index (χ3n) is 4.43. The normalized spacial score (nSPS) is 42.2. The van der Waals surface area contributed by atoms with E-state index in [1.54, 1.807) is 0 Å². The molecule has 4 unspecified atom stereocenters. The minimum Gasteiger partial charge on any atom is -0.389 e. The first-order valence-electron chi connectivity index (χ1n) is 6.31. The molecule has 2 rings (SSSR count). The number of hydrogen-bond donors (Lipinski definition) is 1. The van der Waals surface area contributed by atoms with Gasteiger partial charge in [-0.3, -0.25) is 4.90 Å². The quantitative estimate of drug-likeness (QED) is 0.755. The predicted octanol–water partition coefficient (Wildman–Crippen LogP) is 1.98. The van der Waals surface area contributed by atoms with Gasteiger partial charge in [0.2, 0.25) is 0 Å². The van der Waals surface area contributed by atoms with Crippen molar-refractivity contribution in [3.8, 4) is 0 Å².